The highest BCUT2D eigenvalue weighted by Gasteiger charge is 2.21. The molecule has 3 rings (SSSR count). The molecule has 126 valence electrons. The van der Waals surface area contributed by atoms with Crippen molar-refractivity contribution < 1.29 is 14.6 Å². The van der Waals surface area contributed by atoms with Crippen molar-refractivity contribution >= 4 is 5.97 Å². The summed E-state index contributed by atoms with van der Waals surface area (Å²) in [6, 6.07) is 13.0. The predicted octanol–water partition coefficient (Wildman–Crippen LogP) is 2.96. The molecule has 1 aromatic carbocycles. The van der Waals surface area contributed by atoms with E-state index in [0.717, 1.165) is 37.3 Å². The maximum atomic E-state index is 11.5. The molecule has 5 heteroatoms. The van der Waals surface area contributed by atoms with Crippen molar-refractivity contribution in [1.29, 1.82) is 0 Å². The lowest BCUT2D eigenvalue weighted by Crippen LogP contribution is -2.32. The van der Waals surface area contributed by atoms with E-state index in [1.54, 1.807) is 18.3 Å². The van der Waals surface area contributed by atoms with Gasteiger partial charge in [-0.15, -0.1) is 0 Å². The summed E-state index contributed by atoms with van der Waals surface area (Å²) in [7, 11) is 0. The van der Waals surface area contributed by atoms with Gasteiger partial charge in [0.05, 0.1) is 17.4 Å². The number of pyridine rings is 1. The van der Waals surface area contributed by atoms with E-state index >= 15 is 0 Å². The van der Waals surface area contributed by atoms with Crippen LogP contribution >= 0.6 is 0 Å². The summed E-state index contributed by atoms with van der Waals surface area (Å²) in [5.74, 6) is -0.888. The highest BCUT2D eigenvalue weighted by Crippen LogP contribution is 2.18. The van der Waals surface area contributed by atoms with Crippen LogP contribution in [0, 0.1) is 0 Å². The molecule has 0 unspecified atom stereocenters. The van der Waals surface area contributed by atoms with Crippen molar-refractivity contribution in [2.24, 2.45) is 0 Å². The Balaban J connectivity index is 1.77. The molecule has 1 saturated heterocycles. The Labute approximate surface area is 141 Å². The van der Waals surface area contributed by atoms with Gasteiger partial charge in [-0.3, -0.25) is 9.88 Å². The van der Waals surface area contributed by atoms with Gasteiger partial charge in [-0.25, -0.2) is 4.79 Å². The second-order valence-corrected chi connectivity index (χ2v) is 6.09. The van der Waals surface area contributed by atoms with E-state index < -0.39 is 5.97 Å². The van der Waals surface area contributed by atoms with Crippen LogP contribution in [-0.2, 0) is 17.8 Å². The zero-order valence-electron chi connectivity index (χ0n) is 13.6. The number of benzene rings is 1. The first-order valence-corrected chi connectivity index (χ1v) is 8.27. The number of aromatic carboxylic acids is 1. The predicted molar refractivity (Wildman–Crippen MR) is 90.7 cm³/mol. The van der Waals surface area contributed by atoms with Gasteiger partial charge in [0.25, 0.3) is 0 Å². The van der Waals surface area contributed by atoms with E-state index in [-0.39, 0.29) is 6.10 Å². The first-order chi connectivity index (χ1) is 11.7. The second-order valence-electron chi connectivity index (χ2n) is 6.09. The molecule has 1 aromatic heterocycles. The third kappa shape index (κ3) is 4.40. The van der Waals surface area contributed by atoms with Crippen molar-refractivity contribution in [2.75, 3.05) is 13.2 Å². The lowest BCUT2D eigenvalue weighted by atomic mass is 10.1. The standard InChI is InChI=1S/C19H22N2O3/c22-19(23)18-9-2-1-6-15(18)12-21(14-17-8-5-11-24-17)13-16-7-3-4-10-20-16/h1-4,6-7,9-10,17H,5,8,11-14H2,(H,22,23)/t17-/m0/s1. The molecule has 0 amide bonds. The SMILES string of the molecule is O=C(O)c1ccccc1CN(Cc1ccccn1)C[C@@H]1CCCO1. The Morgan fingerprint density at radius 2 is 2.04 bits per heavy atom. The summed E-state index contributed by atoms with van der Waals surface area (Å²) in [5, 5.41) is 9.40. The van der Waals surface area contributed by atoms with Gasteiger partial charge < -0.3 is 9.84 Å². The molecule has 0 radical (unpaired) electrons. The van der Waals surface area contributed by atoms with Gasteiger partial charge in [0.2, 0.25) is 0 Å². The van der Waals surface area contributed by atoms with Crippen LogP contribution in [0.4, 0.5) is 0 Å². The summed E-state index contributed by atoms with van der Waals surface area (Å²) in [4.78, 5) is 18.1. The zero-order valence-corrected chi connectivity index (χ0v) is 13.6. The minimum atomic E-state index is -0.888. The van der Waals surface area contributed by atoms with Crippen LogP contribution in [-0.4, -0.2) is 40.2 Å². The van der Waals surface area contributed by atoms with Crippen LogP contribution in [0.2, 0.25) is 0 Å². The molecule has 1 N–H and O–H groups in total. The summed E-state index contributed by atoms with van der Waals surface area (Å²) in [6.07, 6.45) is 4.14. The molecule has 2 heterocycles. The maximum absolute atomic E-state index is 11.5. The lowest BCUT2D eigenvalue weighted by molar-refractivity contribution is 0.0658. The largest absolute Gasteiger partial charge is 0.478 e. The molecule has 0 bridgehead atoms. The quantitative estimate of drug-likeness (QED) is 0.847. The number of carbonyl (C=O) groups is 1. The molecular formula is C19H22N2O3. The Kier molecular flexibility index (Phi) is 5.56. The lowest BCUT2D eigenvalue weighted by Gasteiger charge is -2.25. The van der Waals surface area contributed by atoms with Crippen LogP contribution in [0.25, 0.3) is 0 Å². The van der Waals surface area contributed by atoms with E-state index in [9.17, 15) is 9.90 Å². The Morgan fingerprint density at radius 3 is 2.75 bits per heavy atom. The van der Waals surface area contributed by atoms with Crippen LogP contribution < -0.4 is 0 Å². The molecule has 1 fully saturated rings. The smallest absolute Gasteiger partial charge is 0.336 e. The van der Waals surface area contributed by atoms with Crippen molar-refractivity contribution in [3.05, 3.63) is 65.5 Å². The summed E-state index contributed by atoms with van der Waals surface area (Å²) < 4.78 is 5.76. The fourth-order valence-electron chi connectivity index (χ4n) is 3.09. The molecule has 24 heavy (non-hydrogen) atoms. The second kappa shape index (κ2) is 8.04. The van der Waals surface area contributed by atoms with E-state index in [1.165, 1.54) is 0 Å². The molecule has 5 nitrogen and oxygen atoms in total. The van der Waals surface area contributed by atoms with Gasteiger partial charge >= 0.3 is 5.97 Å². The van der Waals surface area contributed by atoms with Crippen LogP contribution in [0.3, 0.4) is 0 Å². The zero-order chi connectivity index (χ0) is 16.8. The molecule has 2 aromatic rings. The van der Waals surface area contributed by atoms with Gasteiger partial charge in [0.15, 0.2) is 0 Å². The Morgan fingerprint density at radius 1 is 1.21 bits per heavy atom. The van der Waals surface area contributed by atoms with Gasteiger partial charge in [0, 0.05) is 32.4 Å². The van der Waals surface area contributed by atoms with Crippen molar-refractivity contribution in [2.45, 2.75) is 32.0 Å². The first kappa shape index (κ1) is 16.6. The third-order valence-corrected chi connectivity index (χ3v) is 4.24. The number of hydrogen-bond acceptors (Lipinski definition) is 4. The number of carboxylic acids is 1. The van der Waals surface area contributed by atoms with Crippen LogP contribution in [0.15, 0.2) is 48.7 Å². The fraction of sp³-hybridized carbons (Fsp3) is 0.368. The monoisotopic (exact) mass is 326 g/mol. The molecular weight excluding hydrogens is 304 g/mol. The normalized spacial score (nSPS) is 17.3. The fourth-order valence-corrected chi connectivity index (χ4v) is 3.09. The van der Waals surface area contributed by atoms with Gasteiger partial charge in [-0.05, 0) is 36.6 Å². The topological polar surface area (TPSA) is 62.7 Å². The Bertz CT molecular complexity index is 669. The number of nitrogens with zero attached hydrogens (tertiary/aromatic N) is 2. The molecule has 1 atom stereocenters. The number of hydrogen-bond donors (Lipinski definition) is 1. The highest BCUT2D eigenvalue weighted by molar-refractivity contribution is 5.89. The van der Waals surface area contributed by atoms with Gasteiger partial charge in [0.1, 0.15) is 0 Å². The molecule has 1 aliphatic heterocycles. The van der Waals surface area contributed by atoms with Gasteiger partial charge in [-0.1, -0.05) is 24.3 Å². The molecule has 1 aliphatic rings. The summed E-state index contributed by atoms with van der Waals surface area (Å²) >= 11 is 0. The summed E-state index contributed by atoms with van der Waals surface area (Å²) in [5.41, 5.74) is 2.15. The average molecular weight is 326 g/mol. The van der Waals surface area contributed by atoms with E-state index in [2.05, 4.69) is 9.88 Å². The first-order valence-electron chi connectivity index (χ1n) is 8.27. The number of aromatic nitrogens is 1. The van der Waals surface area contributed by atoms with Crippen molar-refractivity contribution in [3.63, 3.8) is 0 Å². The highest BCUT2D eigenvalue weighted by atomic mass is 16.5. The van der Waals surface area contributed by atoms with Crippen LogP contribution in [0.1, 0.15) is 34.5 Å². The van der Waals surface area contributed by atoms with Crippen molar-refractivity contribution in [1.82, 2.24) is 9.88 Å². The molecule has 0 spiro atoms. The van der Waals surface area contributed by atoms with E-state index in [0.29, 0.717) is 18.7 Å². The maximum Gasteiger partial charge on any atom is 0.336 e. The van der Waals surface area contributed by atoms with Gasteiger partial charge in [-0.2, -0.15) is 0 Å². The third-order valence-electron chi connectivity index (χ3n) is 4.24. The van der Waals surface area contributed by atoms with E-state index in [1.807, 2.05) is 30.3 Å². The van der Waals surface area contributed by atoms with Crippen molar-refractivity contribution in [3.8, 4) is 0 Å². The molecule has 0 aliphatic carbocycles. The van der Waals surface area contributed by atoms with E-state index in [4.69, 9.17) is 4.74 Å². The number of rotatable bonds is 7. The average Bonchev–Trinajstić information content (AvgIpc) is 3.09. The summed E-state index contributed by atoms with van der Waals surface area (Å²) in [6.45, 7) is 2.84. The van der Waals surface area contributed by atoms with Crippen LogP contribution in [0.5, 0.6) is 0 Å². The molecule has 0 saturated carbocycles. The Hall–Kier alpha value is -2.24. The number of carboxylic acid groups (broad SMARTS) is 1. The minimum Gasteiger partial charge on any atom is -0.478 e. The minimum absolute atomic E-state index is 0.214. The number of ether oxygens (including phenoxy) is 1.